The van der Waals surface area contributed by atoms with Gasteiger partial charge in [-0.1, -0.05) is 60.7 Å². The van der Waals surface area contributed by atoms with Crippen LogP contribution in [0.15, 0.2) is 60.7 Å². The summed E-state index contributed by atoms with van der Waals surface area (Å²) in [6.07, 6.45) is -0.0667. The van der Waals surface area contributed by atoms with Gasteiger partial charge in [-0.05, 0) is 11.1 Å². The molecule has 0 aliphatic rings. The maximum absolute atomic E-state index is 11.8. The van der Waals surface area contributed by atoms with Crippen LogP contribution in [0.5, 0.6) is 0 Å². The first kappa shape index (κ1) is 14.3. The second-order valence-corrected chi connectivity index (χ2v) is 4.50. The van der Waals surface area contributed by atoms with E-state index in [1.807, 2.05) is 60.7 Å². The minimum atomic E-state index is -0.581. The highest BCUT2D eigenvalue weighted by Gasteiger charge is 2.20. The number of rotatable bonds is 6. The number of benzene rings is 2. The highest BCUT2D eigenvalue weighted by Crippen LogP contribution is 2.10. The molecule has 2 aromatic rings. The van der Waals surface area contributed by atoms with Crippen LogP contribution >= 0.6 is 0 Å². The van der Waals surface area contributed by atoms with Gasteiger partial charge >= 0.3 is 5.97 Å². The van der Waals surface area contributed by atoms with E-state index in [1.54, 1.807) is 0 Å². The van der Waals surface area contributed by atoms with E-state index in [9.17, 15) is 4.79 Å². The van der Waals surface area contributed by atoms with Gasteiger partial charge in [-0.25, -0.2) is 4.79 Å². The largest absolute Gasteiger partial charge is 0.467 e. The average molecular weight is 270 g/mol. The molecule has 2 rings (SSSR count). The van der Waals surface area contributed by atoms with Crippen LogP contribution in [0.3, 0.4) is 0 Å². The summed E-state index contributed by atoms with van der Waals surface area (Å²) in [5, 5.41) is 0. The molecule has 0 saturated carbocycles. The van der Waals surface area contributed by atoms with Crippen LogP contribution in [0, 0.1) is 0 Å². The highest BCUT2D eigenvalue weighted by molar-refractivity contribution is 5.74. The van der Waals surface area contributed by atoms with Crippen molar-refractivity contribution in [1.29, 1.82) is 0 Å². The van der Waals surface area contributed by atoms with E-state index in [2.05, 4.69) is 0 Å². The molecule has 1 atom stereocenters. The van der Waals surface area contributed by atoms with E-state index < -0.39 is 6.10 Å². The second kappa shape index (κ2) is 7.46. The van der Waals surface area contributed by atoms with Gasteiger partial charge in [0.2, 0.25) is 0 Å². The van der Waals surface area contributed by atoms with Crippen molar-refractivity contribution in [2.45, 2.75) is 19.1 Å². The lowest BCUT2D eigenvalue weighted by molar-refractivity contribution is -0.154. The molecule has 0 bridgehead atoms. The predicted molar refractivity (Wildman–Crippen MR) is 77.2 cm³/mol. The summed E-state index contributed by atoms with van der Waals surface area (Å²) < 4.78 is 10.5. The van der Waals surface area contributed by atoms with Crippen molar-refractivity contribution in [2.24, 2.45) is 0 Å². The van der Waals surface area contributed by atoms with Gasteiger partial charge in [0.05, 0.1) is 13.7 Å². The van der Waals surface area contributed by atoms with E-state index in [4.69, 9.17) is 9.47 Å². The van der Waals surface area contributed by atoms with Gasteiger partial charge in [0.1, 0.15) is 0 Å². The van der Waals surface area contributed by atoms with Crippen LogP contribution in [0.25, 0.3) is 0 Å². The first-order chi connectivity index (χ1) is 9.79. The van der Waals surface area contributed by atoms with Gasteiger partial charge in [-0.3, -0.25) is 0 Å². The molecule has 3 nitrogen and oxygen atoms in total. The third-order valence-electron chi connectivity index (χ3n) is 3.02. The van der Waals surface area contributed by atoms with Crippen LogP contribution in [-0.2, 0) is 27.3 Å². The van der Waals surface area contributed by atoms with Gasteiger partial charge in [-0.2, -0.15) is 0 Å². The smallest absolute Gasteiger partial charge is 0.335 e. The highest BCUT2D eigenvalue weighted by atomic mass is 16.6. The maximum atomic E-state index is 11.8. The van der Waals surface area contributed by atoms with E-state index in [0.717, 1.165) is 11.1 Å². The van der Waals surface area contributed by atoms with Gasteiger partial charge < -0.3 is 9.47 Å². The molecule has 0 saturated heterocycles. The number of hydrogen-bond donors (Lipinski definition) is 0. The molecule has 0 radical (unpaired) electrons. The summed E-state index contributed by atoms with van der Waals surface area (Å²) in [5.74, 6) is -0.343. The fraction of sp³-hybridized carbons (Fsp3) is 0.235. The summed E-state index contributed by atoms with van der Waals surface area (Å²) in [4.78, 5) is 11.8. The Morgan fingerprint density at radius 3 is 2.05 bits per heavy atom. The normalized spacial score (nSPS) is 11.8. The standard InChI is InChI=1S/C17H18O3/c1-19-17(18)16(12-14-8-4-2-5-9-14)20-13-15-10-6-3-7-11-15/h2-11,16H,12-13H2,1H3/t16-/m0/s1. The Kier molecular flexibility index (Phi) is 5.33. The Labute approximate surface area is 119 Å². The van der Waals surface area contributed by atoms with Crippen molar-refractivity contribution >= 4 is 5.97 Å². The summed E-state index contributed by atoms with van der Waals surface area (Å²) in [7, 11) is 1.38. The molecule has 0 amide bonds. The van der Waals surface area contributed by atoms with Crippen molar-refractivity contribution in [3.05, 3.63) is 71.8 Å². The molecule has 0 aromatic heterocycles. The molecule has 3 heteroatoms. The van der Waals surface area contributed by atoms with Crippen molar-refractivity contribution in [1.82, 2.24) is 0 Å². The first-order valence-corrected chi connectivity index (χ1v) is 6.57. The zero-order chi connectivity index (χ0) is 14.2. The first-order valence-electron chi connectivity index (χ1n) is 6.57. The fourth-order valence-electron chi connectivity index (χ4n) is 1.94. The maximum Gasteiger partial charge on any atom is 0.335 e. The lowest BCUT2D eigenvalue weighted by Crippen LogP contribution is -2.27. The van der Waals surface area contributed by atoms with Gasteiger partial charge in [0, 0.05) is 6.42 Å². The molecule has 0 aliphatic carbocycles. The molecule has 0 aliphatic heterocycles. The van der Waals surface area contributed by atoms with Crippen molar-refractivity contribution in [3.63, 3.8) is 0 Å². The summed E-state index contributed by atoms with van der Waals surface area (Å²) >= 11 is 0. The molecular formula is C17H18O3. The Morgan fingerprint density at radius 1 is 0.950 bits per heavy atom. The van der Waals surface area contributed by atoms with E-state index in [-0.39, 0.29) is 5.97 Å². The van der Waals surface area contributed by atoms with Crippen molar-refractivity contribution in [2.75, 3.05) is 7.11 Å². The third kappa shape index (κ3) is 4.21. The molecule has 0 N–H and O–H groups in total. The molecule has 0 unspecified atom stereocenters. The Bertz CT molecular complexity index is 522. The number of ether oxygens (including phenoxy) is 2. The van der Waals surface area contributed by atoms with Crippen molar-refractivity contribution < 1.29 is 14.3 Å². The number of methoxy groups -OCH3 is 1. The van der Waals surface area contributed by atoms with E-state index in [1.165, 1.54) is 7.11 Å². The van der Waals surface area contributed by atoms with Gasteiger partial charge in [0.25, 0.3) is 0 Å². The van der Waals surface area contributed by atoms with E-state index in [0.29, 0.717) is 13.0 Å². The van der Waals surface area contributed by atoms with Crippen LogP contribution in [0.1, 0.15) is 11.1 Å². The zero-order valence-corrected chi connectivity index (χ0v) is 11.5. The zero-order valence-electron chi connectivity index (χ0n) is 11.5. The topological polar surface area (TPSA) is 35.5 Å². The fourth-order valence-corrected chi connectivity index (χ4v) is 1.94. The summed E-state index contributed by atoms with van der Waals surface area (Å²) in [6, 6.07) is 19.6. The molecular weight excluding hydrogens is 252 g/mol. The Morgan fingerprint density at radius 2 is 1.50 bits per heavy atom. The van der Waals surface area contributed by atoms with Crippen molar-refractivity contribution in [3.8, 4) is 0 Å². The minimum absolute atomic E-state index is 0.343. The number of esters is 1. The van der Waals surface area contributed by atoms with Gasteiger partial charge in [-0.15, -0.1) is 0 Å². The van der Waals surface area contributed by atoms with Crippen LogP contribution in [0.2, 0.25) is 0 Å². The SMILES string of the molecule is COC(=O)[C@H](Cc1ccccc1)OCc1ccccc1. The van der Waals surface area contributed by atoms with Crippen LogP contribution in [-0.4, -0.2) is 19.2 Å². The number of carbonyl (C=O) groups is 1. The third-order valence-corrected chi connectivity index (χ3v) is 3.02. The lowest BCUT2D eigenvalue weighted by Gasteiger charge is -2.16. The number of carbonyl (C=O) groups excluding carboxylic acids is 1. The molecule has 20 heavy (non-hydrogen) atoms. The number of hydrogen-bond acceptors (Lipinski definition) is 3. The van der Waals surface area contributed by atoms with Gasteiger partial charge in [0.15, 0.2) is 6.10 Å². The second-order valence-electron chi connectivity index (χ2n) is 4.50. The Hall–Kier alpha value is -2.13. The molecule has 104 valence electrons. The van der Waals surface area contributed by atoms with Crippen LogP contribution < -0.4 is 0 Å². The van der Waals surface area contributed by atoms with Crippen LogP contribution in [0.4, 0.5) is 0 Å². The minimum Gasteiger partial charge on any atom is -0.467 e. The summed E-state index contributed by atoms with van der Waals surface area (Å²) in [6.45, 7) is 0.396. The monoisotopic (exact) mass is 270 g/mol. The molecule has 2 aromatic carbocycles. The lowest BCUT2D eigenvalue weighted by atomic mass is 10.1. The average Bonchev–Trinajstić information content (AvgIpc) is 2.52. The molecule has 0 heterocycles. The molecule has 0 spiro atoms. The molecule has 0 fully saturated rings. The van der Waals surface area contributed by atoms with E-state index >= 15 is 0 Å². The predicted octanol–water partition coefficient (Wildman–Crippen LogP) is 2.99. The summed E-state index contributed by atoms with van der Waals surface area (Å²) in [5.41, 5.74) is 2.09. The Balaban J connectivity index is 1.99. The quantitative estimate of drug-likeness (QED) is 0.757.